The molecule has 0 atom stereocenters. The number of halogens is 8. The fraction of sp³-hybridized carbons (Fsp3) is 1.00. The molecule has 0 aromatic rings. The molecule has 0 heterocycles. The van der Waals surface area contributed by atoms with Crippen molar-refractivity contribution in [1.29, 1.82) is 0 Å². The van der Waals surface area contributed by atoms with Crippen molar-refractivity contribution in [3.63, 3.8) is 0 Å². The van der Waals surface area contributed by atoms with Crippen LogP contribution in [-0.2, 0) is 0 Å². The minimum absolute atomic E-state index is 2.24. The number of hydrogen-bond donors (Lipinski definition) is 0. The lowest BCUT2D eigenvalue weighted by atomic mass is 9.89. The monoisotopic (exact) mass is 440 g/mol. The van der Waals surface area contributed by atoms with E-state index in [1.54, 1.807) is 0 Å². The first-order valence-electron chi connectivity index (χ1n) is 2.51. The molecule has 1 saturated carbocycles. The van der Waals surface area contributed by atoms with E-state index in [0.29, 0.717) is 0 Å². The quantitative estimate of drug-likeness (QED) is 0.388. The highest BCUT2D eigenvalue weighted by atomic mass is 79.9. The molecule has 0 spiro atoms. The Labute approximate surface area is 99.0 Å². The van der Waals surface area contributed by atoms with E-state index in [4.69, 9.17) is 0 Å². The second kappa shape index (κ2) is 2.61. The Morgan fingerprint density at radius 2 is 0.750 bits per heavy atom. The molecule has 1 fully saturated rings. The SMILES string of the molecule is FC1(F)C(Br)(Br)C(F)(F)C1(Br)Br. The predicted molar refractivity (Wildman–Crippen MR) is 51.1 cm³/mol. The van der Waals surface area contributed by atoms with Gasteiger partial charge in [0.25, 0.3) is 0 Å². The zero-order valence-corrected chi connectivity index (χ0v) is 11.4. The lowest BCUT2D eigenvalue weighted by Crippen LogP contribution is -2.79. The van der Waals surface area contributed by atoms with Crippen LogP contribution in [0.5, 0.6) is 0 Å². The van der Waals surface area contributed by atoms with Gasteiger partial charge in [0.1, 0.15) is 0 Å². The van der Waals surface area contributed by atoms with Crippen LogP contribution in [0.4, 0.5) is 17.6 Å². The van der Waals surface area contributed by atoms with Crippen molar-refractivity contribution < 1.29 is 17.6 Å². The molecule has 0 aromatic carbocycles. The van der Waals surface area contributed by atoms with Gasteiger partial charge in [-0.15, -0.1) is 0 Å². The lowest BCUT2D eigenvalue weighted by molar-refractivity contribution is -0.225. The summed E-state index contributed by atoms with van der Waals surface area (Å²) in [5.41, 5.74) is 0. The van der Waals surface area contributed by atoms with E-state index in [9.17, 15) is 17.6 Å². The highest BCUT2D eigenvalue weighted by Gasteiger charge is 2.92. The topological polar surface area (TPSA) is 0 Å². The van der Waals surface area contributed by atoms with Crippen molar-refractivity contribution in [3.8, 4) is 0 Å². The van der Waals surface area contributed by atoms with Gasteiger partial charge in [0.05, 0.1) is 0 Å². The minimum Gasteiger partial charge on any atom is -0.201 e. The van der Waals surface area contributed by atoms with Crippen LogP contribution in [0, 0.1) is 0 Å². The van der Waals surface area contributed by atoms with Crippen LogP contribution in [0.2, 0.25) is 0 Å². The highest BCUT2D eigenvalue weighted by molar-refractivity contribution is 9.27. The van der Waals surface area contributed by atoms with Gasteiger partial charge in [-0.3, -0.25) is 0 Å². The Bertz CT molecular complexity index is 159. The van der Waals surface area contributed by atoms with Crippen molar-refractivity contribution in [1.82, 2.24) is 0 Å². The molecule has 1 aliphatic carbocycles. The number of hydrogen-bond acceptors (Lipinski definition) is 0. The molecule has 1 rings (SSSR count). The summed E-state index contributed by atoms with van der Waals surface area (Å²) in [6.07, 6.45) is 0. The molecule has 0 bridgehead atoms. The second-order valence-electron chi connectivity index (χ2n) is 2.30. The maximum absolute atomic E-state index is 12.9. The van der Waals surface area contributed by atoms with E-state index < -0.39 is 18.3 Å². The van der Waals surface area contributed by atoms with Crippen LogP contribution in [-0.4, -0.2) is 18.3 Å². The second-order valence-corrected chi connectivity index (χ2v) is 9.18. The molecule has 0 unspecified atom stereocenters. The Hall–Kier alpha value is 1.64. The van der Waals surface area contributed by atoms with E-state index >= 15 is 0 Å². The maximum Gasteiger partial charge on any atom is 0.309 e. The van der Waals surface area contributed by atoms with Crippen molar-refractivity contribution in [2.24, 2.45) is 0 Å². The summed E-state index contributed by atoms with van der Waals surface area (Å²) in [7, 11) is 0. The van der Waals surface area contributed by atoms with Crippen molar-refractivity contribution in [2.75, 3.05) is 0 Å². The third-order valence-electron chi connectivity index (χ3n) is 1.58. The first-order valence-corrected chi connectivity index (χ1v) is 5.68. The van der Waals surface area contributed by atoms with Crippen LogP contribution < -0.4 is 0 Å². The Morgan fingerprint density at radius 1 is 0.583 bits per heavy atom. The van der Waals surface area contributed by atoms with Gasteiger partial charge >= 0.3 is 11.8 Å². The van der Waals surface area contributed by atoms with Crippen LogP contribution >= 0.6 is 63.7 Å². The van der Waals surface area contributed by atoms with Crippen molar-refractivity contribution >= 4 is 63.7 Å². The fourth-order valence-electron chi connectivity index (χ4n) is 0.726. The maximum atomic E-state index is 12.9. The molecule has 0 aromatic heterocycles. The van der Waals surface area contributed by atoms with Gasteiger partial charge in [-0.05, 0) is 0 Å². The summed E-state index contributed by atoms with van der Waals surface area (Å²) in [5, 5.41) is 0. The Kier molecular flexibility index (Phi) is 2.54. The van der Waals surface area contributed by atoms with Crippen molar-refractivity contribution in [3.05, 3.63) is 0 Å². The van der Waals surface area contributed by atoms with Gasteiger partial charge in [-0.25, -0.2) is 17.6 Å². The molecule has 0 aliphatic heterocycles. The fourth-order valence-corrected chi connectivity index (χ4v) is 5.23. The first-order chi connectivity index (χ1) is 5.00. The number of alkyl halides is 8. The average Bonchev–Trinajstić information content (AvgIpc) is 1.84. The van der Waals surface area contributed by atoms with Gasteiger partial charge in [0.15, 0.2) is 0 Å². The minimum atomic E-state index is -3.64. The van der Waals surface area contributed by atoms with E-state index in [2.05, 4.69) is 63.7 Å². The van der Waals surface area contributed by atoms with E-state index in [-0.39, 0.29) is 0 Å². The third-order valence-corrected chi connectivity index (χ3v) is 5.56. The summed E-state index contributed by atoms with van der Waals surface area (Å²) in [5.74, 6) is -7.27. The Balaban J connectivity index is 3.16. The van der Waals surface area contributed by atoms with E-state index in [0.717, 1.165) is 0 Å². The third kappa shape index (κ3) is 0.930. The Morgan fingerprint density at radius 3 is 0.833 bits per heavy atom. The van der Waals surface area contributed by atoms with Gasteiger partial charge in [-0.2, -0.15) is 0 Å². The number of rotatable bonds is 0. The lowest BCUT2D eigenvalue weighted by Gasteiger charge is -2.56. The summed E-state index contributed by atoms with van der Waals surface area (Å²) in [6.45, 7) is 0. The van der Waals surface area contributed by atoms with Crippen LogP contribution in [0.25, 0.3) is 0 Å². The van der Waals surface area contributed by atoms with Crippen LogP contribution in [0.15, 0.2) is 0 Å². The molecular formula is C4Br4F4. The van der Waals surface area contributed by atoms with Gasteiger partial charge < -0.3 is 0 Å². The van der Waals surface area contributed by atoms with Gasteiger partial charge in [0.2, 0.25) is 6.47 Å². The normalized spacial score (nSPS) is 34.0. The van der Waals surface area contributed by atoms with E-state index in [1.165, 1.54) is 0 Å². The summed E-state index contributed by atoms with van der Waals surface area (Å²) in [4.78, 5) is 0. The summed E-state index contributed by atoms with van der Waals surface area (Å²) >= 11 is 8.96. The van der Waals surface area contributed by atoms with E-state index in [1.807, 2.05) is 0 Å². The molecule has 0 saturated heterocycles. The van der Waals surface area contributed by atoms with Crippen molar-refractivity contribution in [2.45, 2.75) is 18.3 Å². The van der Waals surface area contributed by atoms with Gasteiger partial charge in [-0.1, -0.05) is 63.7 Å². The zero-order valence-electron chi connectivity index (χ0n) is 5.02. The largest absolute Gasteiger partial charge is 0.309 e. The van der Waals surface area contributed by atoms with Crippen LogP contribution in [0.1, 0.15) is 0 Å². The molecule has 12 heavy (non-hydrogen) atoms. The van der Waals surface area contributed by atoms with Crippen LogP contribution in [0.3, 0.4) is 0 Å². The molecule has 72 valence electrons. The molecule has 0 amide bonds. The summed E-state index contributed by atoms with van der Waals surface area (Å²) < 4.78 is 46.3. The highest BCUT2D eigenvalue weighted by Crippen LogP contribution is 2.76. The van der Waals surface area contributed by atoms with Gasteiger partial charge in [0, 0.05) is 0 Å². The molecule has 8 heteroatoms. The molecule has 0 radical (unpaired) electrons. The standard InChI is InChI=1S/C4Br4F4/c5-1(6)3(9,10)2(7,8)4(1,11)12. The summed E-state index contributed by atoms with van der Waals surface area (Å²) in [6, 6.07) is 0. The average molecular weight is 444 g/mol. The molecular weight excluding hydrogens is 444 g/mol. The first kappa shape index (κ1) is 11.7. The molecule has 1 aliphatic rings. The molecule has 0 nitrogen and oxygen atoms in total. The predicted octanol–water partition coefficient (Wildman–Crippen LogP) is 4.24. The smallest absolute Gasteiger partial charge is 0.201 e. The molecule has 0 N–H and O–H groups in total. The zero-order chi connectivity index (χ0) is 10.0.